The van der Waals surface area contributed by atoms with E-state index in [1.807, 2.05) is 18.3 Å². The van der Waals surface area contributed by atoms with Gasteiger partial charge in [-0.15, -0.1) is 0 Å². The van der Waals surface area contributed by atoms with Gasteiger partial charge in [0, 0.05) is 60.5 Å². The third kappa shape index (κ3) is 4.61. The number of anilines is 1. The van der Waals surface area contributed by atoms with Gasteiger partial charge in [0.15, 0.2) is 5.65 Å². The molecule has 7 nitrogen and oxygen atoms in total. The Hall–Kier alpha value is -3.19. The minimum atomic E-state index is 0.0381. The number of fused-ring (bicyclic) bond motifs is 1. The number of aliphatic hydroxyl groups is 1. The highest BCUT2D eigenvalue weighted by Gasteiger charge is 2.26. The molecule has 2 aromatic heterocycles. The highest BCUT2D eigenvalue weighted by Crippen LogP contribution is 2.29. The first-order valence-corrected chi connectivity index (χ1v) is 10.6. The summed E-state index contributed by atoms with van der Waals surface area (Å²) in [5.41, 5.74) is 4.01. The Morgan fingerprint density at radius 1 is 1.26 bits per heavy atom. The molecule has 1 aliphatic carbocycles. The fraction of sp³-hybridized carbons (Fsp3) is 0.375. The van der Waals surface area contributed by atoms with Crippen LogP contribution >= 0.6 is 0 Å². The fourth-order valence-electron chi connectivity index (χ4n) is 4.13. The first-order valence-electron chi connectivity index (χ1n) is 10.6. The second-order valence-electron chi connectivity index (χ2n) is 9.15. The Labute approximate surface area is 183 Å². The van der Waals surface area contributed by atoms with Crippen molar-refractivity contribution in [3.05, 3.63) is 59.8 Å². The Bertz CT molecular complexity index is 1110. The van der Waals surface area contributed by atoms with Gasteiger partial charge in [-0.3, -0.25) is 0 Å². The van der Waals surface area contributed by atoms with Crippen LogP contribution in [0.25, 0.3) is 16.6 Å². The number of hydrogen-bond acceptors (Lipinski definition) is 7. The first kappa shape index (κ1) is 21.1. The van der Waals surface area contributed by atoms with Crippen molar-refractivity contribution >= 4 is 28.0 Å². The van der Waals surface area contributed by atoms with E-state index in [1.165, 1.54) is 6.08 Å². The largest absolute Gasteiger partial charge is 0.507 e. The lowest BCUT2D eigenvalue weighted by atomic mass is 9.96. The zero-order chi connectivity index (χ0) is 22.2. The Morgan fingerprint density at radius 2 is 2.06 bits per heavy atom. The van der Waals surface area contributed by atoms with Crippen LogP contribution in [0.5, 0.6) is 0 Å². The number of aliphatic hydroxyl groups excluding tert-OH is 1. The number of nitrogens with one attached hydrogen (secondary N) is 3. The van der Waals surface area contributed by atoms with Gasteiger partial charge in [-0.25, -0.2) is 9.97 Å². The molecule has 7 heteroatoms. The topological polar surface area (TPSA) is 97.2 Å². The van der Waals surface area contributed by atoms with Crippen LogP contribution in [0, 0.1) is 5.41 Å². The van der Waals surface area contributed by atoms with Crippen molar-refractivity contribution in [3.63, 3.8) is 0 Å². The molecule has 0 radical (unpaired) electrons. The highest BCUT2D eigenvalue weighted by molar-refractivity contribution is 6.13. The molecule has 1 atom stereocenters. The molecular weight excluding hydrogens is 388 g/mol. The molecule has 4 N–H and O–H groups in total. The van der Waals surface area contributed by atoms with Crippen molar-refractivity contribution < 1.29 is 5.11 Å². The summed E-state index contributed by atoms with van der Waals surface area (Å²) >= 11 is 0. The molecule has 1 fully saturated rings. The number of pyridine rings is 2. The van der Waals surface area contributed by atoms with Gasteiger partial charge in [-0.2, -0.15) is 0 Å². The smallest absolute Gasteiger partial charge is 0.159 e. The first-order chi connectivity index (χ1) is 14.7. The van der Waals surface area contributed by atoms with E-state index in [2.05, 4.69) is 52.3 Å². The van der Waals surface area contributed by atoms with E-state index in [9.17, 15) is 5.11 Å². The Kier molecular flexibility index (Phi) is 5.54. The maximum atomic E-state index is 10.4. The van der Waals surface area contributed by atoms with Crippen LogP contribution in [0.3, 0.4) is 0 Å². The van der Waals surface area contributed by atoms with Crippen LogP contribution in [-0.2, 0) is 0 Å². The molecule has 1 saturated heterocycles. The standard InChI is InChI=1S/C24H30N6O/c1-24(2,3)29-17-7-8-30(14-17)18-9-15-5-6-21(28-23(15)27-13-18)19-10-16(12-26-4)20(25)11-22(19)31/h5-6,9-13,17,25-26,29,31H,7-8,14H2,1-4H3/b16-12-,25-20?. The molecule has 162 valence electrons. The lowest BCUT2D eigenvalue weighted by Crippen LogP contribution is -2.44. The Balaban J connectivity index is 1.58. The number of aromatic nitrogens is 2. The SMILES string of the molecule is CN/C=C1/C=C(c2ccc3cc(N4CCC(NC(C)(C)C)C4)cnc3n2)C(O)=CC1=N. The number of nitrogens with zero attached hydrogens (tertiary/aromatic N) is 3. The number of rotatable bonds is 4. The average molecular weight is 419 g/mol. The third-order valence-corrected chi connectivity index (χ3v) is 5.46. The molecule has 3 heterocycles. The summed E-state index contributed by atoms with van der Waals surface area (Å²) in [5.74, 6) is 0.0381. The summed E-state index contributed by atoms with van der Waals surface area (Å²) in [6, 6.07) is 6.49. The van der Waals surface area contributed by atoms with Gasteiger partial charge in [0.05, 0.1) is 23.3 Å². The molecular formula is C24H30N6O. The van der Waals surface area contributed by atoms with Crippen LogP contribution in [0.1, 0.15) is 32.9 Å². The van der Waals surface area contributed by atoms with Gasteiger partial charge in [0.2, 0.25) is 0 Å². The maximum absolute atomic E-state index is 10.4. The second-order valence-corrected chi connectivity index (χ2v) is 9.15. The lowest BCUT2D eigenvalue weighted by Gasteiger charge is -2.26. The predicted molar refractivity (Wildman–Crippen MR) is 127 cm³/mol. The summed E-state index contributed by atoms with van der Waals surface area (Å²) in [6.45, 7) is 8.57. The molecule has 4 rings (SSSR count). The molecule has 0 spiro atoms. The van der Waals surface area contributed by atoms with Gasteiger partial charge >= 0.3 is 0 Å². The van der Waals surface area contributed by atoms with Crippen LogP contribution in [0.4, 0.5) is 5.69 Å². The molecule has 0 saturated carbocycles. The summed E-state index contributed by atoms with van der Waals surface area (Å²) in [7, 11) is 1.78. The normalized spacial score (nSPS) is 20.9. The van der Waals surface area contributed by atoms with Gasteiger partial charge in [-0.05, 0) is 51.5 Å². The molecule has 0 bridgehead atoms. The summed E-state index contributed by atoms with van der Waals surface area (Å²) in [4.78, 5) is 11.6. The summed E-state index contributed by atoms with van der Waals surface area (Å²) in [5, 5.41) is 26.0. The van der Waals surface area contributed by atoms with Crippen molar-refractivity contribution in [3.8, 4) is 0 Å². The minimum absolute atomic E-state index is 0.0381. The van der Waals surface area contributed by atoms with E-state index in [1.54, 1.807) is 19.3 Å². The van der Waals surface area contributed by atoms with Crippen LogP contribution in [0.15, 0.2) is 54.1 Å². The third-order valence-electron chi connectivity index (χ3n) is 5.46. The van der Waals surface area contributed by atoms with Gasteiger partial charge < -0.3 is 26.0 Å². The number of allylic oxidation sites excluding steroid dienone is 4. The maximum Gasteiger partial charge on any atom is 0.159 e. The zero-order valence-electron chi connectivity index (χ0n) is 18.5. The van der Waals surface area contributed by atoms with Gasteiger partial charge in [0.25, 0.3) is 0 Å². The molecule has 0 amide bonds. The summed E-state index contributed by atoms with van der Waals surface area (Å²) < 4.78 is 0. The quantitative estimate of drug-likeness (QED) is 0.606. The zero-order valence-corrected chi connectivity index (χ0v) is 18.5. The lowest BCUT2D eigenvalue weighted by molar-refractivity contribution is 0.373. The van der Waals surface area contributed by atoms with Crippen molar-refractivity contribution in [2.45, 2.75) is 38.8 Å². The monoisotopic (exact) mass is 418 g/mol. The Morgan fingerprint density at radius 3 is 2.81 bits per heavy atom. The van der Waals surface area contributed by atoms with E-state index in [0.717, 1.165) is 30.6 Å². The van der Waals surface area contributed by atoms with Crippen molar-refractivity contribution in [1.82, 2.24) is 20.6 Å². The molecule has 1 unspecified atom stereocenters. The van der Waals surface area contributed by atoms with Crippen LogP contribution in [0.2, 0.25) is 0 Å². The molecule has 2 aliphatic rings. The molecule has 31 heavy (non-hydrogen) atoms. The molecule has 0 aromatic carbocycles. The van der Waals surface area contributed by atoms with E-state index >= 15 is 0 Å². The highest BCUT2D eigenvalue weighted by atomic mass is 16.3. The van der Waals surface area contributed by atoms with Crippen LogP contribution < -0.4 is 15.5 Å². The van der Waals surface area contributed by atoms with Crippen LogP contribution in [-0.4, -0.2) is 52.5 Å². The number of hydrogen-bond donors (Lipinski definition) is 4. The van der Waals surface area contributed by atoms with Gasteiger partial charge in [0.1, 0.15) is 5.76 Å². The van der Waals surface area contributed by atoms with E-state index in [-0.39, 0.29) is 17.0 Å². The predicted octanol–water partition coefficient (Wildman–Crippen LogP) is 3.56. The molecule has 1 aliphatic heterocycles. The summed E-state index contributed by atoms with van der Waals surface area (Å²) in [6.07, 6.45) is 7.93. The van der Waals surface area contributed by atoms with Crippen molar-refractivity contribution in [2.24, 2.45) is 0 Å². The fourth-order valence-corrected chi connectivity index (χ4v) is 4.13. The van der Waals surface area contributed by atoms with Crippen molar-refractivity contribution in [2.75, 3.05) is 25.0 Å². The van der Waals surface area contributed by atoms with E-state index in [4.69, 9.17) is 5.41 Å². The van der Waals surface area contributed by atoms with Crippen molar-refractivity contribution in [1.29, 1.82) is 5.41 Å². The van der Waals surface area contributed by atoms with E-state index in [0.29, 0.717) is 28.5 Å². The van der Waals surface area contributed by atoms with Gasteiger partial charge in [-0.1, -0.05) is 0 Å². The second kappa shape index (κ2) is 8.15. The average Bonchev–Trinajstić information content (AvgIpc) is 3.16. The van der Waals surface area contributed by atoms with E-state index < -0.39 is 0 Å². The molecule has 2 aromatic rings. The minimum Gasteiger partial charge on any atom is -0.507 e.